The summed E-state index contributed by atoms with van der Waals surface area (Å²) in [5.41, 5.74) is 2.40. The fraction of sp³-hybridized carbons (Fsp3) is 0.179. The number of hydrogen-bond acceptors (Lipinski definition) is 7. The Bertz CT molecular complexity index is 1310. The van der Waals surface area contributed by atoms with E-state index < -0.39 is 0 Å². The summed E-state index contributed by atoms with van der Waals surface area (Å²) < 4.78 is 17.1. The second-order valence-electron chi connectivity index (χ2n) is 7.96. The monoisotopic (exact) mass is 534 g/mol. The standard InChI is InChI=1S/C28H26N2O5S2/c1-3-34-22-12-10-21(11-13-22)29-26(31)18-35-23-14-9-20(15-24(23)33-2)16-25-27(32)30(28(36)37-25)17-19-7-5-4-6-8-19/h4-16H,3,17-18H2,1-2H3,(H,29,31)/b25-16-. The van der Waals surface area contributed by atoms with E-state index in [9.17, 15) is 9.59 Å². The normalized spacial score (nSPS) is 14.1. The van der Waals surface area contributed by atoms with E-state index in [2.05, 4.69) is 5.32 Å². The van der Waals surface area contributed by atoms with E-state index in [1.54, 1.807) is 53.4 Å². The molecule has 1 saturated heterocycles. The largest absolute Gasteiger partial charge is 0.494 e. The summed E-state index contributed by atoms with van der Waals surface area (Å²) in [6, 6.07) is 22.1. The molecule has 0 atom stereocenters. The number of amides is 2. The Morgan fingerprint density at radius 1 is 1.03 bits per heavy atom. The van der Waals surface area contributed by atoms with Gasteiger partial charge in [-0.25, -0.2) is 0 Å². The summed E-state index contributed by atoms with van der Waals surface area (Å²) in [6.07, 6.45) is 1.77. The van der Waals surface area contributed by atoms with Gasteiger partial charge in [-0.2, -0.15) is 0 Å². The van der Waals surface area contributed by atoms with Crippen LogP contribution < -0.4 is 19.5 Å². The first kappa shape index (κ1) is 26.2. The maximum Gasteiger partial charge on any atom is 0.266 e. The lowest BCUT2D eigenvalue weighted by atomic mass is 10.1. The van der Waals surface area contributed by atoms with Gasteiger partial charge >= 0.3 is 0 Å². The molecule has 2 amide bonds. The molecular formula is C28H26N2O5S2. The SMILES string of the molecule is CCOc1ccc(NC(=O)COc2ccc(/C=C3\SC(=S)N(Cc4ccccc4)C3=O)cc2OC)cc1. The molecule has 3 aromatic carbocycles. The smallest absolute Gasteiger partial charge is 0.266 e. The van der Waals surface area contributed by atoms with Gasteiger partial charge in [0.1, 0.15) is 10.1 Å². The van der Waals surface area contributed by atoms with Crippen LogP contribution in [-0.4, -0.2) is 41.4 Å². The van der Waals surface area contributed by atoms with Crippen LogP contribution in [0.3, 0.4) is 0 Å². The maximum absolute atomic E-state index is 13.0. The van der Waals surface area contributed by atoms with Crippen LogP contribution in [0.2, 0.25) is 0 Å². The molecule has 7 nitrogen and oxygen atoms in total. The number of ether oxygens (including phenoxy) is 3. The number of benzene rings is 3. The van der Waals surface area contributed by atoms with Crippen molar-refractivity contribution in [1.29, 1.82) is 0 Å². The quantitative estimate of drug-likeness (QED) is 0.271. The number of thiocarbonyl (C=S) groups is 1. The third kappa shape index (κ3) is 6.90. The molecule has 3 aromatic rings. The summed E-state index contributed by atoms with van der Waals surface area (Å²) >= 11 is 6.71. The van der Waals surface area contributed by atoms with Gasteiger partial charge in [0.25, 0.3) is 11.8 Å². The predicted molar refractivity (Wildman–Crippen MR) is 150 cm³/mol. The maximum atomic E-state index is 13.0. The molecule has 1 fully saturated rings. The molecule has 0 aromatic heterocycles. The lowest BCUT2D eigenvalue weighted by Gasteiger charge is -2.14. The highest BCUT2D eigenvalue weighted by Crippen LogP contribution is 2.35. The zero-order valence-corrected chi connectivity index (χ0v) is 22.1. The molecule has 37 heavy (non-hydrogen) atoms. The predicted octanol–water partition coefficient (Wildman–Crippen LogP) is 5.51. The molecule has 0 radical (unpaired) electrons. The summed E-state index contributed by atoms with van der Waals surface area (Å²) in [5.74, 6) is 1.15. The summed E-state index contributed by atoms with van der Waals surface area (Å²) in [7, 11) is 1.52. The minimum Gasteiger partial charge on any atom is -0.494 e. The van der Waals surface area contributed by atoms with Crippen molar-refractivity contribution in [2.45, 2.75) is 13.5 Å². The fourth-order valence-electron chi connectivity index (χ4n) is 3.59. The molecule has 1 heterocycles. The number of hydrogen-bond donors (Lipinski definition) is 1. The first-order valence-electron chi connectivity index (χ1n) is 11.6. The molecular weight excluding hydrogens is 508 g/mol. The molecule has 9 heteroatoms. The van der Waals surface area contributed by atoms with E-state index in [1.165, 1.54) is 18.9 Å². The van der Waals surface area contributed by atoms with Gasteiger partial charge in [0.2, 0.25) is 0 Å². The molecule has 0 unspecified atom stereocenters. The van der Waals surface area contributed by atoms with E-state index in [4.69, 9.17) is 26.4 Å². The van der Waals surface area contributed by atoms with Crippen molar-refractivity contribution in [3.63, 3.8) is 0 Å². The highest BCUT2D eigenvalue weighted by molar-refractivity contribution is 8.26. The molecule has 0 spiro atoms. The van der Waals surface area contributed by atoms with Crippen LogP contribution in [0.5, 0.6) is 17.2 Å². The van der Waals surface area contributed by atoms with E-state index in [-0.39, 0.29) is 18.4 Å². The van der Waals surface area contributed by atoms with Crippen molar-refractivity contribution < 1.29 is 23.8 Å². The number of anilines is 1. The van der Waals surface area contributed by atoms with Gasteiger partial charge in [0.15, 0.2) is 18.1 Å². The van der Waals surface area contributed by atoms with Crippen LogP contribution in [0.1, 0.15) is 18.1 Å². The molecule has 1 N–H and O–H groups in total. The van der Waals surface area contributed by atoms with Gasteiger partial charge in [0.05, 0.1) is 25.2 Å². The molecule has 1 aliphatic rings. The molecule has 0 bridgehead atoms. The zero-order chi connectivity index (χ0) is 26.2. The van der Waals surface area contributed by atoms with Crippen molar-refractivity contribution in [1.82, 2.24) is 4.90 Å². The van der Waals surface area contributed by atoms with Gasteiger partial charge in [-0.05, 0) is 60.5 Å². The number of nitrogens with zero attached hydrogens (tertiary/aromatic N) is 1. The Balaban J connectivity index is 1.38. The van der Waals surface area contributed by atoms with E-state index in [1.807, 2.05) is 37.3 Å². The Hall–Kier alpha value is -3.82. The highest BCUT2D eigenvalue weighted by Gasteiger charge is 2.32. The molecule has 4 rings (SSSR count). The van der Waals surface area contributed by atoms with Crippen molar-refractivity contribution in [2.24, 2.45) is 0 Å². The lowest BCUT2D eigenvalue weighted by Crippen LogP contribution is -2.27. The van der Waals surface area contributed by atoms with Gasteiger partial charge in [-0.3, -0.25) is 14.5 Å². The molecule has 0 aliphatic carbocycles. The van der Waals surface area contributed by atoms with E-state index in [0.717, 1.165) is 16.9 Å². The average molecular weight is 535 g/mol. The van der Waals surface area contributed by atoms with Gasteiger partial charge in [0, 0.05) is 5.69 Å². The van der Waals surface area contributed by atoms with E-state index in [0.29, 0.717) is 39.6 Å². The summed E-state index contributed by atoms with van der Waals surface area (Å²) in [5, 5.41) is 2.78. The topological polar surface area (TPSA) is 77.1 Å². The lowest BCUT2D eigenvalue weighted by molar-refractivity contribution is -0.122. The van der Waals surface area contributed by atoms with E-state index >= 15 is 0 Å². The van der Waals surface area contributed by atoms with Gasteiger partial charge in [-0.15, -0.1) is 0 Å². The van der Waals surface area contributed by atoms with Gasteiger partial charge in [-0.1, -0.05) is 60.4 Å². The second kappa shape index (κ2) is 12.4. The van der Waals surface area contributed by atoms with Crippen molar-refractivity contribution in [3.05, 3.63) is 88.8 Å². The van der Waals surface area contributed by atoms with Crippen LogP contribution in [0, 0.1) is 0 Å². The Labute approximate surface area is 225 Å². The first-order chi connectivity index (χ1) is 18.0. The van der Waals surface area contributed by atoms with Crippen LogP contribution in [0.25, 0.3) is 6.08 Å². The van der Waals surface area contributed by atoms with Crippen molar-refractivity contribution in [3.8, 4) is 17.2 Å². The Kier molecular flexibility index (Phi) is 8.81. The average Bonchev–Trinajstić information content (AvgIpc) is 3.17. The third-order valence-electron chi connectivity index (χ3n) is 5.35. The first-order valence-corrected chi connectivity index (χ1v) is 12.8. The Morgan fingerprint density at radius 3 is 2.49 bits per heavy atom. The highest BCUT2D eigenvalue weighted by atomic mass is 32.2. The minimum atomic E-state index is -0.308. The minimum absolute atomic E-state index is 0.135. The Morgan fingerprint density at radius 2 is 1.78 bits per heavy atom. The van der Waals surface area contributed by atoms with Crippen LogP contribution >= 0.6 is 24.0 Å². The van der Waals surface area contributed by atoms with Gasteiger partial charge < -0.3 is 19.5 Å². The number of carbonyl (C=O) groups is 2. The molecule has 1 aliphatic heterocycles. The van der Waals surface area contributed by atoms with Crippen molar-refractivity contribution in [2.75, 3.05) is 25.6 Å². The van der Waals surface area contributed by atoms with Crippen LogP contribution in [-0.2, 0) is 16.1 Å². The number of rotatable bonds is 10. The number of methoxy groups -OCH3 is 1. The van der Waals surface area contributed by atoms with Crippen molar-refractivity contribution >= 4 is 51.9 Å². The fourth-order valence-corrected chi connectivity index (χ4v) is 4.84. The van der Waals surface area contributed by atoms with Crippen LogP contribution in [0.15, 0.2) is 77.7 Å². The number of nitrogens with one attached hydrogen (secondary N) is 1. The van der Waals surface area contributed by atoms with Crippen LogP contribution in [0.4, 0.5) is 5.69 Å². The summed E-state index contributed by atoms with van der Waals surface area (Å²) in [6.45, 7) is 2.72. The second-order valence-corrected chi connectivity index (χ2v) is 9.63. The molecule has 190 valence electrons. The molecule has 0 saturated carbocycles. The summed E-state index contributed by atoms with van der Waals surface area (Å²) in [4.78, 5) is 27.4. The third-order valence-corrected chi connectivity index (χ3v) is 6.73. The zero-order valence-electron chi connectivity index (χ0n) is 20.4. The number of carbonyl (C=O) groups excluding carboxylic acids is 2. The number of thioether (sulfide) groups is 1.